The number of rotatable bonds is 4. The van der Waals surface area contributed by atoms with E-state index in [1.54, 1.807) is 0 Å². The molecule has 2 aliphatic rings. The molecule has 0 radical (unpaired) electrons. The first-order chi connectivity index (χ1) is 9.60. The van der Waals surface area contributed by atoms with E-state index in [1.807, 2.05) is 11.8 Å². The second-order valence-corrected chi connectivity index (χ2v) is 7.12. The van der Waals surface area contributed by atoms with Crippen LogP contribution in [-0.4, -0.2) is 40.2 Å². The Morgan fingerprint density at radius 1 is 1.15 bits per heavy atom. The molecule has 0 aromatic rings. The number of thioether (sulfide) groups is 1. The van der Waals surface area contributed by atoms with Gasteiger partial charge in [0.2, 0.25) is 0 Å². The lowest BCUT2D eigenvalue weighted by atomic mass is 9.79. The van der Waals surface area contributed by atoms with Crippen molar-refractivity contribution in [3.8, 4) is 0 Å². The topological polar surface area (TPSA) is 78.4 Å². The van der Waals surface area contributed by atoms with E-state index < -0.39 is 11.5 Å². The summed E-state index contributed by atoms with van der Waals surface area (Å²) in [5, 5.41) is 15.1. The number of hydrogen-bond donors (Lipinski definition) is 3. The molecular formula is C14H24N2O3S. The van der Waals surface area contributed by atoms with Gasteiger partial charge in [-0.05, 0) is 37.2 Å². The van der Waals surface area contributed by atoms with Crippen LogP contribution in [-0.2, 0) is 4.79 Å². The highest BCUT2D eigenvalue weighted by atomic mass is 32.2. The summed E-state index contributed by atoms with van der Waals surface area (Å²) < 4.78 is 0. The standard InChI is InChI=1S/C14H24N2O3S/c17-12(18)10-14(6-2-1-3-7-14)16-13(19)15-11-4-8-20-9-5-11/h11H,1-10H2,(H,17,18)(H2,15,16,19). The van der Waals surface area contributed by atoms with Crippen molar-refractivity contribution in [2.75, 3.05) is 11.5 Å². The molecule has 114 valence electrons. The number of carboxylic acid groups (broad SMARTS) is 1. The van der Waals surface area contributed by atoms with Gasteiger partial charge in [0.25, 0.3) is 0 Å². The van der Waals surface area contributed by atoms with Crippen LogP contribution in [0.2, 0.25) is 0 Å². The van der Waals surface area contributed by atoms with E-state index in [0.717, 1.165) is 56.5 Å². The van der Waals surface area contributed by atoms with E-state index in [4.69, 9.17) is 5.11 Å². The second kappa shape index (κ2) is 7.20. The maximum absolute atomic E-state index is 12.1. The molecule has 0 bridgehead atoms. The van der Waals surface area contributed by atoms with Crippen molar-refractivity contribution < 1.29 is 14.7 Å². The molecule has 1 saturated carbocycles. The summed E-state index contributed by atoms with van der Waals surface area (Å²) in [6.07, 6.45) is 6.70. The zero-order valence-corrected chi connectivity index (χ0v) is 12.6. The quantitative estimate of drug-likeness (QED) is 0.745. The fraction of sp³-hybridized carbons (Fsp3) is 0.857. The molecule has 0 unspecified atom stereocenters. The van der Waals surface area contributed by atoms with Gasteiger partial charge in [-0.3, -0.25) is 4.79 Å². The molecule has 0 spiro atoms. The summed E-state index contributed by atoms with van der Waals surface area (Å²) in [7, 11) is 0. The van der Waals surface area contributed by atoms with Gasteiger partial charge in [0.1, 0.15) is 0 Å². The van der Waals surface area contributed by atoms with Crippen LogP contribution in [0.3, 0.4) is 0 Å². The van der Waals surface area contributed by atoms with Crippen LogP contribution >= 0.6 is 11.8 Å². The van der Waals surface area contributed by atoms with E-state index >= 15 is 0 Å². The first-order valence-electron chi connectivity index (χ1n) is 7.48. The van der Waals surface area contributed by atoms with Crippen molar-refractivity contribution in [1.29, 1.82) is 0 Å². The number of carbonyl (C=O) groups excluding carboxylic acids is 1. The number of amides is 2. The van der Waals surface area contributed by atoms with Crippen LogP contribution < -0.4 is 10.6 Å². The van der Waals surface area contributed by atoms with Gasteiger partial charge < -0.3 is 15.7 Å². The van der Waals surface area contributed by atoms with E-state index in [1.165, 1.54) is 0 Å². The summed E-state index contributed by atoms with van der Waals surface area (Å²) >= 11 is 1.92. The van der Waals surface area contributed by atoms with Crippen molar-refractivity contribution in [3.05, 3.63) is 0 Å². The van der Waals surface area contributed by atoms with Crippen LogP contribution in [0.5, 0.6) is 0 Å². The average molecular weight is 300 g/mol. The molecule has 6 heteroatoms. The molecule has 2 fully saturated rings. The molecule has 0 aromatic heterocycles. The monoisotopic (exact) mass is 300 g/mol. The maximum Gasteiger partial charge on any atom is 0.315 e. The lowest BCUT2D eigenvalue weighted by Gasteiger charge is -2.37. The summed E-state index contributed by atoms with van der Waals surface area (Å²) in [6, 6.07) is 0.0479. The highest BCUT2D eigenvalue weighted by molar-refractivity contribution is 7.99. The Morgan fingerprint density at radius 2 is 1.80 bits per heavy atom. The molecule has 1 saturated heterocycles. The molecule has 0 aromatic carbocycles. The minimum absolute atomic E-state index is 0.0287. The number of nitrogens with one attached hydrogen (secondary N) is 2. The molecule has 0 atom stereocenters. The molecule has 2 rings (SSSR count). The minimum atomic E-state index is -0.832. The Bertz CT molecular complexity index is 350. The van der Waals surface area contributed by atoms with E-state index in [0.29, 0.717) is 0 Å². The van der Waals surface area contributed by atoms with Crippen LogP contribution in [0, 0.1) is 0 Å². The number of hydrogen-bond acceptors (Lipinski definition) is 3. The number of urea groups is 1. The highest BCUT2D eigenvalue weighted by Gasteiger charge is 2.36. The molecule has 1 aliphatic carbocycles. The number of carbonyl (C=O) groups is 2. The van der Waals surface area contributed by atoms with E-state index in [-0.39, 0.29) is 18.5 Å². The Hall–Kier alpha value is -0.910. The van der Waals surface area contributed by atoms with Crippen LogP contribution in [0.15, 0.2) is 0 Å². The molecule has 2 amide bonds. The molecular weight excluding hydrogens is 276 g/mol. The zero-order chi connectivity index (χ0) is 14.4. The third-order valence-corrected chi connectivity index (χ3v) is 5.28. The van der Waals surface area contributed by atoms with Gasteiger partial charge in [0.05, 0.1) is 12.0 Å². The van der Waals surface area contributed by atoms with Crippen molar-refractivity contribution in [3.63, 3.8) is 0 Å². The third-order valence-electron chi connectivity index (χ3n) is 4.24. The predicted molar refractivity (Wildman–Crippen MR) is 80.1 cm³/mol. The fourth-order valence-electron chi connectivity index (χ4n) is 3.17. The van der Waals surface area contributed by atoms with Gasteiger partial charge in [-0.2, -0.15) is 11.8 Å². The number of carboxylic acids is 1. The lowest BCUT2D eigenvalue weighted by molar-refractivity contribution is -0.139. The summed E-state index contributed by atoms with van der Waals surface area (Å²) in [4.78, 5) is 23.2. The van der Waals surface area contributed by atoms with Crippen LogP contribution in [0.4, 0.5) is 4.79 Å². The highest BCUT2D eigenvalue weighted by Crippen LogP contribution is 2.31. The Kier molecular flexibility index (Phi) is 5.57. The maximum atomic E-state index is 12.1. The molecule has 20 heavy (non-hydrogen) atoms. The minimum Gasteiger partial charge on any atom is -0.481 e. The molecule has 5 nitrogen and oxygen atoms in total. The van der Waals surface area contributed by atoms with Gasteiger partial charge in [0.15, 0.2) is 0 Å². The second-order valence-electron chi connectivity index (χ2n) is 5.90. The van der Waals surface area contributed by atoms with Gasteiger partial charge in [-0.15, -0.1) is 0 Å². The van der Waals surface area contributed by atoms with Crippen molar-refractivity contribution >= 4 is 23.8 Å². The Balaban J connectivity index is 1.89. The molecule has 1 aliphatic heterocycles. The smallest absolute Gasteiger partial charge is 0.315 e. The Morgan fingerprint density at radius 3 is 2.40 bits per heavy atom. The first kappa shape index (κ1) is 15.5. The van der Waals surface area contributed by atoms with Gasteiger partial charge in [-0.25, -0.2) is 4.79 Å². The van der Waals surface area contributed by atoms with Crippen molar-refractivity contribution in [2.24, 2.45) is 0 Å². The fourth-order valence-corrected chi connectivity index (χ4v) is 4.27. The summed E-state index contributed by atoms with van der Waals surface area (Å²) in [5.74, 6) is 1.34. The van der Waals surface area contributed by atoms with Gasteiger partial charge in [0, 0.05) is 6.04 Å². The third kappa shape index (κ3) is 4.58. The van der Waals surface area contributed by atoms with Crippen LogP contribution in [0.1, 0.15) is 51.4 Å². The van der Waals surface area contributed by atoms with Crippen LogP contribution in [0.25, 0.3) is 0 Å². The average Bonchev–Trinajstić information content (AvgIpc) is 2.39. The van der Waals surface area contributed by atoms with E-state index in [9.17, 15) is 9.59 Å². The molecule has 1 heterocycles. The van der Waals surface area contributed by atoms with Crippen molar-refractivity contribution in [1.82, 2.24) is 10.6 Å². The number of aliphatic carboxylic acids is 1. The largest absolute Gasteiger partial charge is 0.481 e. The van der Waals surface area contributed by atoms with Gasteiger partial charge >= 0.3 is 12.0 Å². The normalized spacial score (nSPS) is 23.0. The van der Waals surface area contributed by atoms with Gasteiger partial charge in [-0.1, -0.05) is 19.3 Å². The zero-order valence-electron chi connectivity index (χ0n) is 11.8. The summed E-state index contributed by atoms with van der Waals surface area (Å²) in [5.41, 5.74) is -0.544. The SMILES string of the molecule is O=C(O)CC1(NC(=O)NC2CCSCC2)CCCCC1. The predicted octanol–water partition coefficient (Wildman–Crippen LogP) is 2.36. The summed E-state index contributed by atoms with van der Waals surface area (Å²) in [6.45, 7) is 0. The first-order valence-corrected chi connectivity index (χ1v) is 8.63. The van der Waals surface area contributed by atoms with Crippen molar-refractivity contribution in [2.45, 2.75) is 62.9 Å². The molecule has 3 N–H and O–H groups in total. The Labute approximate surface area is 124 Å². The van der Waals surface area contributed by atoms with E-state index in [2.05, 4.69) is 10.6 Å². The lowest BCUT2D eigenvalue weighted by Crippen LogP contribution is -2.56.